The number of aromatic nitrogens is 1. The number of hydrogen-bond acceptors (Lipinski definition) is 1. The molecule has 0 saturated carbocycles. The van der Waals surface area contributed by atoms with Crippen LogP contribution in [-0.2, 0) is 6.61 Å². The molecule has 22 heavy (non-hydrogen) atoms. The molecule has 0 aliphatic rings. The third-order valence-corrected chi connectivity index (χ3v) is 4.15. The minimum absolute atomic E-state index is 0.383. The van der Waals surface area contributed by atoms with Gasteiger partial charge in [0.25, 0.3) is 0 Å². The van der Waals surface area contributed by atoms with Crippen LogP contribution < -0.4 is 4.74 Å². The van der Waals surface area contributed by atoms with E-state index in [1.165, 1.54) is 10.9 Å². The van der Waals surface area contributed by atoms with Gasteiger partial charge in [0.05, 0.1) is 5.52 Å². The maximum absolute atomic E-state index is 6.15. The van der Waals surface area contributed by atoms with Crippen molar-refractivity contribution in [3.63, 3.8) is 0 Å². The van der Waals surface area contributed by atoms with E-state index < -0.39 is 0 Å². The number of halogens is 1. The fourth-order valence-corrected chi connectivity index (χ4v) is 2.88. The summed E-state index contributed by atoms with van der Waals surface area (Å²) in [5.41, 5.74) is 3.49. The minimum atomic E-state index is 0.383. The molecule has 114 valence electrons. The molecule has 2 aromatic carbocycles. The number of rotatable bonds is 4. The molecule has 0 amide bonds. The van der Waals surface area contributed by atoms with E-state index in [2.05, 4.69) is 43.7 Å². The Labute approximate surface area is 136 Å². The molecule has 0 atom stereocenters. The lowest BCUT2D eigenvalue weighted by molar-refractivity contribution is 0.305. The first-order valence-electron chi connectivity index (χ1n) is 7.53. The second-order valence-electron chi connectivity index (χ2n) is 5.87. The van der Waals surface area contributed by atoms with E-state index >= 15 is 0 Å². The van der Waals surface area contributed by atoms with Crippen molar-refractivity contribution >= 4 is 22.5 Å². The third-order valence-electron chi connectivity index (χ3n) is 3.91. The molecule has 0 N–H and O–H groups in total. The van der Waals surface area contributed by atoms with E-state index in [1.54, 1.807) is 0 Å². The Kier molecular flexibility index (Phi) is 4.12. The van der Waals surface area contributed by atoms with E-state index in [0.717, 1.165) is 21.9 Å². The zero-order valence-corrected chi connectivity index (χ0v) is 13.9. The zero-order valence-electron chi connectivity index (χ0n) is 13.1. The highest BCUT2D eigenvalue weighted by Crippen LogP contribution is 2.28. The molecule has 0 radical (unpaired) electrons. The van der Waals surface area contributed by atoms with Crippen molar-refractivity contribution in [3.05, 3.63) is 64.8 Å². The Bertz CT molecular complexity index is 804. The second kappa shape index (κ2) is 6.05. The van der Waals surface area contributed by atoms with Gasteiger partial charge in [0.15, 0.2) is 0 Å². The highest BCUT2D eigenvalue weighted by atomic mass is 35.5. The molecule has 0 spiro atoms. The number of nitrogens with zero attached hydrogens (tertiary/aromatic N) is 1. The molecule has 3 rings (SSSR count). The van der Waals surface area contributed by atoms with E-state index in [4.69, 9.17) is 16.3 Å². The average Bonchev–Trinajstić information content (AvgIpc) is 2.84. The molecule has 3 heteroatoms. The molecule has 0 saturated heterocycles. The summed E-state index contributed by atoms with van der Waals surface area (Å²) in [6.45, 7) is 6.97. The highest BCUT2D eigenvalue weighted by molar-refractivity contribution is 6.31. The van der Waals surface area contributed by atoms with Crippen LogP contribution in [0.1, 0.15) is 31.0 Å². The Morgan fingerprint density at radius 2 is 1.91 bits per heavy atom. The number of aryl methyl sites for hydroxylation is 1. The van der Waals surface area contributed by atoms with Gasteiger partial charge in [0.1, 0.15) is 12.4 Å². The normalized spacial score (nSPS) is 11.3. The molecule has 0 aliphatic heterocycles. The summed E-state index contributed by atoms with van der Waals surface area (Å²) in [7, 11) is 0. The molecule has 0 aliphatic carbocycles. The maximum atomic E-state index is 6.15. The van der Waals surface area contributed by atoms with E-state index in [0.29, 0.717) is 12.6 Å². The van der Waals surface area contributed by atoms with Gasteiger partial charge in [-0.1, -0.05) is 35.9 Å². The molecular formula is C19H20ClNO. The maximum Gasteiger partial charge on any atom is 0.122 e. The van der Waals surface area contributed by atoms with Crippen molar-refractivity contribution in [3.8, 4) is 5.75 Å². The van der Waals surface area contributed by atoms with Crippen molar-refractivity contribution in [2.24, 2.45) is 0 Å². The SMILES string of the molecule is Cc1ccccc1OCc1cn(C(C)C)c2cc(Cl)ccc12. The number of hydrogen-bond donors (Lipinski definition) is 0. The average molecular weight is 314 g/mol. The number of benzene rings is 2. The number of fused-ring (bicyclic) bond motifs is 1. The summed E-state index contributed by atoms with van der Waals surface area (Å²) in [4.78, 5) is 0. The van der Waals surface area contributed by atoms with Crippen LogP contribution >= 0.6 is 11.6 Å². The van der Waals surface area contributed by atoms with Gasteiger partial charge in [0.2, 0.25) is 0 Å². The van der Waals surface area contributed by atoms with Crippen molar-refractivity contribution in [1.82, 2.24) is 4.57 Å². The van der Waals surface area contributed by atoms with Crippen LogP contribution in [0.5, 0.6) is 5.75 Å². The van der Waals surface area contributed by atoms with Crippen LogP contribution in [0, 0.1) is 6.92 Å². The third kappa shape index (κ3) is 2.84. The van der Waals surface area contributed by atoms with E-state index in [9.17, 15) is 0 Å². The smallest absolute Gasteiger partial charge is 0.122 e. The molecule has 0 bridgehead atoms. The molecular weight excluding hydrogens is 294 g/mol. The van der Waals surface area contributed by atoms with Gasteiger partial charge in [-0.05, 0) is 44.5 Å². The summed E-state index contributed by atoms with van der Waals surface area (Å²) in [5, 5.41) is 1.96. The highest BCUT2D eigenvalue weighted by Gasteiger charge is 2.12. The molecule has 1 aromatic heterocycles. The van der Waals surface area contributed by atoms with Crippen molar-refractivity contribution in [2.45, 2.75) is 33.4 Å². The van der Waals surface area contributed by atoms with Crippen molar-refractivity contribution in [2.75, 3.05) is 0 Å². The Morgan fingerprint density at radius 1 is 1.14 bits per heavy atom. The lowest BCUT2D eigenvalue weighted by Crippen LogP contribution is -1.99. The molecule has 0 unspecified atom stereocenters. The van der Waals surface area contributed by atoms with Gasteiger partial charge in [-0.3, -0.25) is 0 Å². The molecule has 0 fully saturated rings. The Morgan fingerprint density at radius 3 is 2.64 bits per heavy atom. The van der Waals surface area contributed by atoms with Gasteiger partial charge in [-0.25, -0.2) is 0 Å². The second-order valence-corrected chi connectivity index (χ2v) is 6.31. The van der Waals surface area contributed by atoms with E-state index in [-0.39, 0.29) is 0 Å². The zero-order chi connectivity index (χ0) is 15.7. The lowest BCUT2D eigenvalue weighted by Gasteiger charge is -2.09. The van der Waals surface area contributed by atoms with Crippen LogP contribution in [0.4, 0.5) is 0 Å². The van der Waals surface area contributed by atoms with Gasteiger partial charge >= 0.3 is 0 Å². The largest absolute Gasteiger partial charge is 0.489 e. The number of para-hydroxylation sites is 1. The summed E-state index contributed by atoms with van der Waals surface area (Å²) in [6, 6.07) is 14.5. The van der Waals surface area contributed by atoms with Crippen molar-refractivity contribution in [1.29, 1.82) is 0 Å². The van der Waals surface area contributed by atoms with Crippen LogP contribution in [0.2, 0.25) is 5.02 Å². The summed E-state index contributed by atoms with van der Waals surface area (Å²) < 4.78 is 8.26. The fraction of sp³-hybridized carbons (Fsp3) is 0.263. The van der Waals surface area contributed by atoms with Gasteiger partial charge in [-0.15, -0.1) is 0 Å². The topological polar surface area (TPSA) is 14.2 Å². The van der Waals surface area contributed by atoms with Crippen LogP contribution in [0.15, 0.2) is 48.7 Å². The minimum Gasteiger partial charge on any atom is -0.489 e. The summed E-state index contributed by atoms with van der Waals surface area (Å²) in [6.07, 6.45) is 2.17. The standard InChI is InChI=1S/C19H20ClNO/c1-13(2)21-11-15(17-9-8-16(20)10-18(17)21)12-22-19-7-5-4-6-14(19)3/h4-11,13H,12H2,1-3H3. The monoisotopic (exact) mass is 313 g/mol. The lowest BCUT2D eigenvalue weighted by atomic mass is 10.2. The first-order valence-corrected chi connectivity index (χ1v) is 7.91. The van der Waals surface area contributed by atoms with Gasteiger partial charge < -0.3 is 9.30 Å². The Balaban J connectivity index is 1.96. The van der Waals surface area contributed by atoms with Gasteiger partial charge in [-0.2, -0.15) is 0 Å². The first kappa shape index (κ1) is 15.0. The van der Waals surface area contributed by atoms with Crippen LogP contribution in [0.3, 0.4) is 0 Å². The summed E-state index contributed by atoms with van der Waals surface area (Å²) in [5.74, 6) is 0.932. The summed E-state index contributed by atoms with van der Waals surface area (Å²) >= 11 is 6.15. The van der Waals surface area contributed by atoms with E-state index in [1.807, 2.05) is 30.3 Å². The van der Waals surface area contributed by atoms with Crippen molar-refractivity contribution < 1.29 is 4.74 Å². The quantitative estimate of drug-likeness (QED) is 0.597. The predicted octanol–water partition coefficient (Wildman–Crippen LogP) is 5.76. The molecule has 2 nitrogen and oxygen atoms in total. The van der Waals surface area contributed by atoms with Gasteiger partial charge in [0, 0.05) is 28.2 Å². The number of ether oxygens (including phenoxy) is 1. The predicted molar refractivity (Wildman–Crippen MR) is 92.8 cm³/mol. The molecule has 3 aromatic rings. The Hall–Kier alpha value is -1.93. The first-order chi connectivity index (χ1) is 10.6. The van der Waals surface area contributed by atoms with Crippen LogP contribution in [-0.4, -0.2) is 4.57 Å². The fourth-order valence-electron chi connectivity index (χ4n) is 2.71. The molecule has 1 heterocycles. The van der Waals surface area contributed by atoms with Crippen LogP contribution in [0.25, 0.3) is 10.9 Å².